The Morgan fingerprint density at radius 3 is 2.79 bits per heavy atom. The molecule has 3 N–H and O–H groups in total. The number of methoxy groups -OCH3 is 1. The predicted molar refractivity (Wildman–Crippen MR) is 66.7 cm³/mol. The number of rotatable bonds is 7. The minimum Gasteiger partial charge on any atom is -0.479 e. The van der Waals surface area contributed by atoms with Crippen molar-refractivity contribution in [2.45, 2.75) is 12.5 Å². The van der Waals surface area contributed by atoms with Crippen LogP contribution in [0.3, 0.4) is 0 Å². The van der Waals surface area contributed by atoms with Gasteiger partial charge in [0.15, 0.2) is 6.10 Å². The third-order valence-electron chi connectivity index (χ3n) is 2.44. The van der Waals surface area contributed by atoms with Crippen molar-refractivity contribution in [1.29, 1.82) is 0 Å². The number of carbonyl (C=O) groups is 2. The number of aryl methyl sites for hydroxylation is 1. The zero-order chi connectivity index (χ0) is 14.3. The van der Waals surface area contributed by atoms with Crippen LogP contribution < -0.4 is 10.6 Å². The van der Waals surface area contributed by atoms with E-state index in [1.165, 1.54) is 7.11 Å². The second-order valence-electron chi connectivity index (χ2n) is 3.93. The lowest BCUT2D eigenvalue weighted by atomic mass is 10.3. The lowest BCUT2D eigenvalue weighted by molar-refractivity contribution is -0.147. The van der Waals surface area contributed by atoms with E-state index >= 15 is 0 Å². The summed E-state index contributed by atoms with van der Waals surface area (Å²) >= 11 is 0. The van der Waals surface area contributed by atoms with E-state index in [-0.39, 0.29) is 6.54 Å². The Morgan fingerprint density at radius 1 is 1.53 bits per heavy atom. The summed E-state index contributed by atoms with van der Waals surface area (Å²) in [5, 5.41) is 17.9. The highest BCUT2D eigenvalue weighted by Gasteiger charge is 2.16. The lowest BCUT2D eigenvalue weighted by Gasteiger charge is -2.12. The second-order valence-corrected chi connectivity index (χ2v) is 3.93. The molecule has 2 amide bonds. The molecule has 1 aromatic heterocycles. The van der Waals surface area contributed by atoms with Crippen molar-refractivity contribution in [2.75, 3.05) is 20.2 Å². The molecule has 1 aromatic rings. The van der Waals surface area contributed by atoms with Gasteiger partial charge in [-0.2, -0.15) is 5.10 Å². The molecule has 0 fully saturated rings. The standard InChI is InChI=1S/C11H18N4O4/c1-15-6-4-8(14-15)3-5-12-11(18)13-7-9(19-2)10(16)17/h4,6,9H,3,5,7H2,1-2H3,(H,16,17)(H2,12,13,18). The van der Waals surface area contributed by atoms with Gasteiger partial charge in [-0.25, -0.2) is 9.59 Å². The Morgan fingerprint density at radius 2 is 2.26 bits per heavy atom. The van der Waals surface area contributed by atoms with Gasteiger partial charge in [0, 0.05) is 33.3 Å². The van der Waals surface area contributed by atoms with E-state index in [0.717, 1.165) is 5.69 Å². The number of hydrogen-bond acceptors (Lipinski definition) is 4. The Labute approximate surface area is 110 Å². The highest BCUT2D eigenvalue weighted by Crippen LogP contribution is 1.94. The van der Waals surface area contributed by atoms with Crippen molar-refractivity contribution < 1.29 is 19.4 Å². The number of amides is 2. The molecule has 1 heterocycles. The second kappa shape index (κ2) is 7.37. The predicted octanol–water partition coefficient (Wildman–Crippen LogP) is -0.639. The zero-order valence-corrected chi connectivity index (χ0v) is 10.9. The van der Waals surface area contributed by atoms with Crippen LogP contribution in [0.5, 0.6) is 0 Å². The normalized spacial score (nSPS) is 11.9. The van der Waals surface area contributed by atoms with Crippen molar-refractivity contribution in [2.24, 2.45) is 7.05 Å². The van der Waals surface area contributed by atoms with Crippen LogP contribution >= 0.6 is 0 Å². The molecule has 19 heavy (non-hydrogen) atoms. The third-order valence-corrected chi connectivity index (χ3v) is 2.44. The number of nitrogens with zero attached hydrogens (tertiary/aromatic N) is 2. The Balaban J connectivity index is 2.19. The fourth-order valence-electron chi connectivity index (χ4n) is 1.42. The number of carbonyl (C=O) groups excluding carboxylic acids is 1. The number of carboxylic acid groups (broad SMARTS) is 1. The van der Waals surface area contributed by atoms with Gasteiger partial charge in [-0.05, 0) is 6.07 Å². The van der Waals surface area contributed by atoms with Gasteiger partial charge in [0.1, 0.15) is 0 Å². The first-order valence-corrected chi connectivity index (χ1v) is 5.78. The van der Waals surface area contributed by atoms with Crippen molar-refractivity contribution in [3.05, 3.63) is 18.0 Å². The molecule has 106 valence electrons. The molecular weight excluding hydrogens is 252 g/mol. The molecule has 0 radical (unpaired) electrons. The molecule has 0 spiro atoms. The largest absolute Gasteiger partial charge is 0.479 e. The summed E-state index contributed by atoms with van der Waals surface area (Å²) in [6, 6.07) is 1.43. The Kier molecular flexibility index (Phi) is 5.80. The van der Waals surface area contributed by atoms with Crippen LogP contribution in [0.2, 0.25) is 0 Å². The first kappa shape index (κ1) is 15.0. The maximum absolute atomic E-state index is 11.4. The monoisotopic (exact) mass is 270 g/mol. The molecule has 8 nitrogen and oxygen atoms in total. The van der Waals surface area contributed by atoms with E-state index in [0.29, 0.717) is 13.0 Å². The number of hydrogen-bond donors (Lipinski definition) is 3. The van der Waals surface area contributed by atoms with E-state index in [1.807, 2.05) is 19.3 Å². The van der Waals surface area contributed by atoms with E-state index in [4.69, 9.17) is 5.11 Å². The summed E-state index contributed by atoms with van der Waals surface area (Å²) in [7, 11) is 3.10. The van der Waals surface area contributed by atoms with Crippen LogP contribution in [-0.2, 0) is 23.0 Å². The number of urea groups is 1. The maximum Gasteiger partial charge on any atom is 0.334 e. The van der Waals surface area contributed by atoms with Gasteiger partial charge in [-0.3, -0.25) is 4.68 Å². The van der Waals surface area contributed by atoms with Crippen LogP contribution in [0.1, 0.15) is 5.69 Å². The number of carboxylic acids is 1. The first-order chi connectivity index (χ1) is 9.02. The van der Waals surface area contributed by atoms with E-state index in [2.05, 4.69) is 20.5 Å². The highest BCUT2D eigenvalue weighted by atomic mass is 16.5. The van der Waals surface area contributed by atoms with Gasteiger partial charge in [0.05, 0.1) is 12.2 Å². The van der Waals surface area contributed by atoms with E-state index < -0.39 is 18.1 Å². The van der Waals surface area contributed by atoms with Crippen LogP contribution in [0.15, 0.2) is 12.3 Å². The van der Waals surface area contributed by atoms with Crippen LogP contribution in [-0.4, -0.2) is 53.2 Å². The van der Waals surface area contributed by atoms with E-state index in [1.54, 1.807) is 4.68 Å². The van der Waals surface area contributed by atoms with Gasteiger partial charge >= 0.3 is 12.0 Å². The SMILES string of the molecule is COC(CNC(=O)NCCc1ccn(C)n1)C(=O)O. The molecular formula is C11H18N4O4. The molecule has 0 bridgehead atoms. The molecule has 0 saturated carbocycles. The molecule has 0 aliphatic carbocycles. The number of aliphatic carboxylic acids is 1. The highest BCUT2D eigenvalue weighted by molar-refractivity contribution is 5.76. The summed E-state index contributed by atoms with van der Waals surface area (Å²) < 4.78 is 6.37. The fourth-order valence-corrected chi connectivity index (χ4v) is 1.42. The van der Waals surface area contributed by atoms with Gasteiger partial charge in [0.25, 0.3) is 0 Å². The van der Waals surface area contributed by atoms with Crippen molar-refractivity contribution >= 4 is 12.0 Å². The third kappa shape index (κ3) is 5.38. The molecule has 1 unspecified atom stereocenters. The minimum absolute atomic E-state index is 0.0821. The van der Waals surface area contributed by atoms with Crippen LogP contribution in [0.25, 0.3) is 0 Å². The Bertz CT molecular complexity index is 432. The van der Waals surface area contributed by atoms with Crippen LogP contribution in [0.4, 0.5) is 4.79 Å². The molecule has 0 aromatic carbocycles. The summed E-state index contributed by atoms with van der Waals surface area (Å²) in [6.45, 7) is 0.342. The van der Waals surface area contributed by atoms with Gasteiger partial charge in [-0.15, -0.1) is 0 Å². The van der Waals surface area contributed by atoms with Crippen molar-refractivity contribution in [3.8, 4) is 0 Å². The van der Waals surface area contributed by atoms with Crippen LogP contribution in [0, 0.1) is 0 Å². The van der Waals surface area contributed by atoms with Gasteiger partial charge < -0.3 is 20.5 Å². The maximum atomic E-state index is 11.4. The smallest absolute Gasteiger partial charge is 0.334 e. The first-order valence-electron chi connectivity index (χ1n) is 5.78. The molecule has 1 rings (SSSR count). The number of ether oxygens (including phenoxy) is 1. The molecule has 0 aliphatic rings. The summed E-state index contributed by atoms with van der Waals surface area (Å²) in [6.07, 6.45) is 1.40. The number of aromatic nitrogens is 2. The van der Waals surface area contributed by atoms with Crippen molar-refractivity contribution in [3.63, 3.8) is 0 Å². The fraction of sp³-hybridized carbons (Fsp3) is 0.545. The average molecular weight is 270 g/mol. The topological polar surface area (TPSA) is 105 Å². The molecule has 0 saturated heterocycles. The lowest BCUT2D eigenvalue weighted by Crippen LogP contribution is -2.43. The summed E-state index contributed by atoms with van der Waals surface area (Å²) in [5.74, 6) is -1.11. The molecule has 8 heteroatoms. The quantitative estimate of drug-likeness (QED) is 0.611. The van der Waals surface area contributed by atoms with Gasteiger partial charge in [0.2, 0.25) is 0 Å². The zero-order valence-electron chi connectivity index (χ0n) is 10.9. The summed E-state index contributed by atoms with van der Waals surface area (Å²) in [4.78, 5) is 22.0. The molecule has 1 atom stereocenters. The Hall–Kier alpha value is -2.09. The van der Waals surface area contributed by atoms with E-state index in [9.17, 15) is 9.59 Å². The average Bonchev–Trinajstić information content (AvgIpc) is 2.75. The minimum atomic E-state index is -1.11. The number of nitrogens with one attached hydrogen (secondary N) is 2. The summed E-state index contributed by atoms with van der Waals surface area (Å²) in [5.41, 5.74) is 0.878. The van der Waals surface area contributed by atoms with Crippen molar-refractivity contribution in [1.82, 2.24) is 20.4 Å². The molecule has 0 aliphatic heterocycles. The van der Waals surface area contributed by atoms with Gasteiger partial charge in [-0.1, -0.05) is 0 Å².